The molecule has 0 aliphatic rings. The number of para-hydroxylation sites is 1. The lowest BCUT2D eigenvalue weighted by Gasteiger charge is -2.07. The van der Waals surface area contributed by atoms with E-state index < -0.39 is 0 Å². The van der Waals surface area contributed by atoms with Crippen LogP contribution in [0.4, 0.5) is 0 Å². The van der Waals surface area contributed by atoms with E-state index in [-0.39, 0.29) is 12.5 Å². The van der Waals surface area contributed by atoms with Crippen molar-refractivity contribution in [3.8, 4) is 0 Å². The van der Waals surface area contributed by atoms with Gasteiger partial charge in [-0.1, -0.05) is 61.2 Å². The molecule has 1 heterocycles. The van der Waals surface area contributed by atoms with Crippen LogP contribution in [0, 0.1) is 6.92 Å². The van der Waals surface area contributed by atoms with Crippen LogP contribution in [0.5, 0.6) is 0 Å². The first kappa shape index (κ1) is 18.1. The molecule has 2 N–H and O–H groups in total. The molecule has 0 unspecified atom stereocenters. The summed E-state index contributed by atoms with van der Waals surface area (Å²) in [4.78, 5) is 13.9. The third-order valence-corrected chi connectivity index (χ3v) is 5.23. The number of hydrogen-bond donors (Lipinski definition) is 1. The van der Waals surface area contributed by atoms with Crippen molar-refractivity contribution < 1.29 is 4.79 Å². The van der Waals surface area contributed by atoms with E-state index in [4.69, 9.17) is 5.73 Å². The molecule has 0 aliphatic heterocycles. The van der Waals surface area contributed by atoms with Crippen LogP contribution < -0.4 is 5.73 Å². The molecule has 1 aromatic heterocycles. The normalized spacial score (nSPS) is 12.6. The molecule has 0 atom stereocenters. The molecule has 2 aromatic rings. The molecular weight excluding hydrogens is 316 g/mol. The van der Waals surface area contributed by atoms with E-state index >= 15 is 0 Å². The predicted molar refractivity (Wildman–Crippen MR) is 104 cm³/mol. The summed E-state index contributed by atoms with van der Waals surface area (Å²) in [5, 5.41) is 1.16. The summed E-state index contributed by atoms with van der Waals surface area (Å²) in [5.41, 5.74) is 8.72. The second kappa shape index (κ2) is 8.06. The number of benzene rings is 1. The highest BCUT2D eigenvalue weighted by Crippen LogP contribution is 2.39. The number of thioether (sulfide) groups is 1. The van der Waals surface area contributed by atoms with Crippen LogP contribution in [0.1, 0.15) is 26.0 Å². The second-order valence-corrected chi connectivity index (χ2v) is 6.83. The van der Waals surface area contributed by atoms with E-state index in [1.165, 1.54) is 15.4 Å². The lowest BCUT2D eigenvalue weighted by atomic mass is 10.2. The van der Waals surface area contributed by atoms with E-state index in [1.807, 2.05) is 35.8 Å². The molecule has 1 amide bonds. The zero-order valence-electron chi connectivity index (χ0n) is 14.5. The Morgan fingerprint density at radius 1 is 1.38 bits per heavy atom. The van der Waals surface area contributed by atoms with E-state index in [2.05, 4.69) is 32.6 Å². The van der Waals surface area contributed by atoms with Crippen molar-refractivity contribution in [2.75, 3.05) is 0 Å². The van der Waals surface area contributed by atoms with Gasteiger partial charge in [-0.2, -0.15) is 0 Å². The number of carbonyl (C=O) groups is 1. The maximum atomic E-state index is 11.4. The Balaban J connectivity index is 2.52. The van der Waals surface area contributed by atoms with Crippen molar-refractivity contribution in [3.63, 3.8) is 0 Å². The monoisotopic (exact) mass is 340 g/mol. The molecule has 0 spiro atoms. The number of rotatable bonds is 7. The number of hydrogen-bond acceptors (Lipinski definition) is 2. The molecule has 0 fully saturated rings. The van der Waals surface area contributed by atoms with Gasteiger partial charge in [-0.3, -0.25) is 4.79 Å². The number of primary amides is 1. The molecule has 0 radical (unpaired) electrons. The van der Waals surface area contributed by atoms with Gasteiger partial charge in [-0.15, -0.1) is 0 Å². The van der Waals surface area contributed by atoms with E-state index in [1.54, 1.807) is 17.8 Å². The molecule has 1 aromatic carbocycles. The Kier molecular flexibility index (Phi) is 6.10. The fraction of sp³-hybridized carbons (Fsp3) is 0.250. The van der Waals surface area contributed by atoms with Crippen molar-refractivity contribution in [2.45, 2.75) is 38.6 Å². The molecule has 24 heavy (non-hydrogen) atoms. The molecule has 2 rings (SSSR count). The Morgan fingerprint density at radius 2 is 2.08 bits per heavy atom. The van der Waals surface area contributed by atoms with Gasteiger partial charge in [0.25, 0.3) is 0 Å². The summed E-state index contributed by atoms with van der Waals surface area (Å²) >= 11 is 1.76. The summed E-state index contributed by atoms with van der Waals surface area (Å²) < 4.78 is 2.00. The first-order chi connectivity index (χ1) is 11.5. The lowest BCUT2D eigenvalue weighted by molar-refractivity contribution is -0.118. The Bertz CT molecular complexity index is 828. The van der Waals surface area contributed by atoms with Crippen LogP contribution in [-0.4, -0.2) is 10.5 Å². The van der Waals surface area contributed by atoms with Gasteiger partial charge in [-0.05, 0) is 37.3 Å². The van der Waals surface area contributed by atoms with Crippen LogP contribution in [-0.2, 0) is 11.3 Å². The van der Waals surface area contributed by atoms with Gasteiger partial charge in [0.05, 0.1) is 0 Å². The molecule has 0 saturated carbocycles. The second-order valence-electron chi connectivity index (χ2n) is 5.70. The Labute approximate surface area is 147 Å². The van der Waals surface area contributed by atoms with Crippen molar-refractivity contribution in [2.24, 2.45) is 5.73 Å². The Hall–Kier alpha value is -2.20. The summed E-state index contributed by atoms with van der Waals surface area (Å²) in [5.74, 6) is -0.327. The minimum atomic E-state index is -0.327. The first-order valence-electron chi connectivity index (χ1n) is 8.01. The molecule has 0 saturated heterocycles. The molecule has 0 bridgehead atoms. The third kappa shape index (κ3) is 4.01. The molecule has 3 nitrogen and oxygen atoms in total. The maximum Gasteiger partial charge on any atom is 0.237 e. The maximum absolute atomic E-state index is 11.4. The van der Waals surface area contributed by atoms with Gasteiger partial charge >= 0.3 is 0 Å². The standard InChI is InChI=1S/C20H24N2OS/c1-5-9-14(3)12-16(6-2)24-20-15(4)22(13-19(21)23)18-11-8-7-10-17(18)20/h5,7-12H,1,6,13H2,2-4H3,(H2,21,23)/b14-9-,16-12+. The highest BCUT2D eigenvalue weighted by Gasteiger charge is 2.16. The van der Waals surface area contributed by atoms with E-state index in [9.17, 15) is 4.79 Å². The summed E-state index contributed by atoms with van der Waals surface area (Å²) in [6, 6.07) is 8.15. The van der Waals surface area contributed by atoms with Gasteiger partial charge in [0.15, 0.2) is 0 Å². The summed E-state index contributed by atoms with van der Waals surface area (Å²) in [6.07, 6.45) is 6.93. The minimum Gasteiger partial charge on any atom is -0.368 e. The van der Waals surface area contributed by atoms with Gasteiger partial charge in [0.2, 0.25) is 5.91 Å². The summed E-state index contributed by atoms with van der Waals surface area (Å²) in [7, 11) is 0. The zero-order chi connectivity index (χ0) is 17.7. The first-order valence-corrected chi connectivity index (χ1v) is 8.83. The van der Waals surface area contributed by atoms with Crippen molar-refractivity contribution >= 4 is 28.6 Å². The fourth-order valence-corrected chi connectivity index (χ4v) is 3.90. The van der Waals surface area contributed by atoms with Crippen LogP contribution in [0.3, 0.4) is 0 Å². The topological polar surface area (TPSA) is 48.0 Å². The van der Waals surface area contributed by atoms with Gasteiger partial charge in [-0.25, -0.2) is 0 Å². The van der Waals surface area contributed by atoms with Crippen LogP contribution in [0.2, 0.25) is 0 Å². The van der Waals surface area contributed by atoms with Crippen LogP contribution in [0.25, 0.3) is 10.9 Å². The number of fused-ring (bicyclic) bond motifs is 1. The Morgan fingerprint density at radius 3 is 2.71 bits per heavy atom. The third-order valence-electron chi connectivity index (χ3n) is 3.84. The average Bonchev–Trinajstić information content (AvgIpc) is 2.80. The number of carbonyl (C=O) groups excluding carboxylic acids is 1. The van der Waals surface area contributed by atoms with E-state index in [0.717, 1.165) is 23.0 Å². The van der Waals surface area contributed by atoms with Crippen molar-refractivity contribution in [1.29, 1.82) is 0 Å². The van der Waals surface area contributed by atoms with Gasteiger partial charge in [0.1, 0.15) is 6.54 Å². The number of allylic oxidation sites excluding steroid dienone is 5. The highest BCUT2D eigenvalue weighted by molar-refractivity contribution is 8.03. The smallest absolute Gasteiger partial charge is 0.237 e. The molecular formula is C20H24N2OS. The number of amides is 1. The number of aromatic nitrogens is 1. The number of nitrogens with zero attached hydrogens (tertiary/aromatic N) is 1. The van der Waals surface area contributed by atoms with Crippen molar-refractivity contribution in [3.05, 3.63) is 65.2 Å². The summed E-state index contributed by atoms with van der Waals surface area (Å²) in [6.45, 7) is 10.2. The lowest BCUT2D eigenvalue weighted by Crippen LogP contribution is -2.19. The molecule has 4 heteroatoms. The molecule has 0 aliphatic carbocycles. The van der Waals surface area contributed by atoms with Gasteiger partial charge in [0, 0.05) is 21.5 Å². The highest BCUT2D eigenvalue weighted by atomic mass is 32.2. The van der Waals surface area contributed by atoms with Crippen molar-refractivity contribution in [1.82, 2.24) is 4.57 Å². The fourth-order valence-electron chi connectivity index (χ4n) is 2.71. The minimum absolute atomic E-state index is 0.202. The number of nitrogens with two attached hydrogens (primary N) is 1. The van der Waals surface area contributed by atoms with Crippen LogP contribution in [0.15, 0.2) is 64.4 Å². The predicted octanol–water partition coefficient (Wildman–Crippen LogP) is 4.95. The van der Waals surface area contributed by atoms with E-state index in [0.29, 0.717) is 0 Å². The molecule has 126 valence electrons. The largest absolute Gasteiger partial charge is 0.368 e. The zero-order valence-corrected chi connectivity index (χ0v) is 15.3. The van der Waals surface area contributed by atoms with Crippen LogP contribution >= 0.6 is 11.8 Å². The quantitative estimate of drug-likeness (QED) is 0.572. The SMILES string of the molecule is C=C/C=C(C)\C=C(/CC)Sc1c(C)n(CC(N)=O)c2ccccc12. The van der Waals surface area contributed by atoms with Gasteiger partial charge < -0.3 is 10.3 Å². The average molecular weight is 340 g/mol.